The topological polar surface area (TPSA) is 75.7 Å². The molecule has 1 heterocycles. The maximum Gasteiger partial charge on any atom is 0.258 e. The number of hydrogen-bond donors (Lipinski definition) is 1. The molecule has 150 valence electrons. The van der Waals surface area contributed by atoms with Crippen LogP contribution in [0.5, 0.6) is 0 Å². The Labute approximate surface area is 170 Å². The van der Waals surface area contributed by atoms with Gasteiger partial charge in [-0.05, 0) is 50.1 Å². The molecule has 0 aliphatic carbocycles. The molecule has 1 aliphatic heterocycles. The average Bonchev–Trinajstić information content (AvgIpc) is 3.20. The summed E-state index contributed by atoms with van der Waals surface area (Å²) in [5.74, 6) is -0.323. The van der Waals surface area contributed by atoms with Gasteiger partial charge < -0.3 is 9.64 Å². The summed E-state index contributed by atoms with van der Waals surface area (Å²) in [6, 6.07) is 11.8. The van der Waals surface area contributed by atoms with E-state index in [1.807, 2.05) is 31.2 Å². The van der Waals surface area contributed by atoms with Crippen molar-refractivity contribution in [3.8, 4) is 0 Å². The number of rotatable bonds is 6. The number of nitrogens with one attached hydrogen (secondary N) is 1. The zero-order valence-electron chi connectivity index (χ0n) is 15.8. The first-order chi connectivity index (χ1) is 13.3. The number of carbonyl (C=O) groups excluding carboxylic acids is 1. The number of sulfonamides is 1. The predicted octanol–water partition coefficient (Wildman–Crippen LogP) is 3.38. The highest BCUT2D eigenvalue weighted by atomic mass is 35.5. The number of hydrogen-bond acceptors (Lipinski definition) is 4. The molecule has 0 aromatic heterocycles. The average molecular weight is 423 g/mol. The number of benzene rings is 2. The van der Waals surface area contributed by atoms with Crippen molar-refractivity contribution >= 4 is 33.2 Å². The molecule has 2 aromatic carbocycles. The number of amides is 1. The van der Waals surface area contributed by atoms with E-state index in [4.69, 9.17) is 16.3 Å². The van der Waals surface area contributed by atoms with E-state index < -0.39 is 10.0 Å². The van der Waals surface area contributed by atoms with Crippen molar-refractivity contribution in [1.29, 1.82) is 0 Å². The van der Waals surface area contributed by atoms with E-state index in [0.29, 0.717) is 12.3 Å². The summed E-state index contributed by atoms with van der Waals surface area (Å²) < 4.78 is 33.3. The SMILES string of the molecule is Cc1ccc(N(C)C(=O)c2ccc(Cl)c(S(=O)(=O)NCC3CCCO3)c2)cc1. The van der Waals surface area contributed by atoms with E-state index in [9.17, 15) is 13.2 Å². The van der Waals surface area contributed by atoms with Crippen molar-refractivity contribution in [2.75, 3.05) is 25.1 Å². The molecule has 1 atom stereocenters. The van der Waals surface area contributed by atoms with Crippen LogP contribution in [0.1, 0.15) is 28.8 Å². The monoisotopic (exact) mass is 422 g/mol. The van der Waals surface area contributed by atoms with Gasteiger partial charge in [-0.25, -0.2) is 13.1 Å². The molecule has 6 nitrogen and oxygen atoms in total. The first kappa shape index (κ1) is 20.8. The highest BCUT2D eigenvalue weighted by Crippen LogP contribution is 2.25. The second-order valence-electron chi connectivity index (χ2n) is 6.83. The zero-order valence-corrected chi connectivity index (χ0v) is 17.4. The highest BCUT2D eigenvalue weighted by molar-refractivity contribution is 7.89. The van der Waals surface area contributed by atoms with Crippen molar-refractivity contribution in [2.24, 2.45) is 0 Å². The Morgan fingerprint density at radius 3 is 2.61 bits per heavy atom. The fourth-order valence-corrected chi connectivity index (χ4v) is 4.60. The minimum Gasteiger partial charge on any atom is -0.377 e. The summed E-state index contributed by atoms with van der Waals surface area (Å²) in [7, 11) is -2.22. The molecule has 3 rings (SSSR count). The van der Waals surface area contributed by atoms with Gasteiger partial charge in [0.25, 0.3) is 5.91 Å². The summed E-state index contributed by atoms with van der Waals surface area (Å²) in [5.41, 5.74) is 2.04. The van der Waals surface area contributed by atoms with Gasteiger partial charge in [-0.15, -0.1) is 0 Å². The van der Waals surface area contributed by atoms with Gasteiger partial charge in [0.15, 0.2) is 0 Å². The minimum absolute atomic E-state index is 0.0642. The molecule has 0 saturated carbocycles. The van der Waals surface area contributed by atoms with E-state index in [2.05, 4.69) is 4.72 Å². The van der Waals surface area contributed by atoms with Crippen molar-refractivity contribution < 1.29 is 17.9 Å². The third-order valence-electron chi connectivity index (χ3n) is 4.72. The van der Waals surface area contributed by atoms with Gasteiger partial charge >= 0.3 is 0 Å². The number of ether oxygens (including phenoxy) is 1. The van der Waals surface area contributed by atoms with Gasteiger partial charge in [-0.3, -0.25) is 4.79 Å². The molecular weight excluding hydrogens is 400 g/mol. The number of anilines is 1. The molecule has 1 fully saturated rings. The Hall–Kier alpha value is -1.93. The van der Waals surface area contributed by atoms with Crippen LogP contribution in [0.4, 0.5) is 5.69 Å². The minimum atomic E-state index is -3.86. The second-order valence-corrected chi connectivity index (χ2v) is 8.97. The van der Waals surface area contributed by atoms with Crippen molar-refractivity contribution in [3.05, 3.63) is 58.6 Å². The van der Waals surface area contributed by atoms with Gasteiger partial charge in [-0.2, -0.15) is 0 Å². The van der Waals surface area contributed by atoms with Crippen LogP contribution >= 0.6 is 11.6 Å². The molecule has 1 saturated heterocycles. The smallest absolute Gasteiger partial charge is 0.258 e. The van der Waals surface area contributed by atoms with E-state index >= 15 is 0 Å². The van der Waals surface area contributed by atoms with Gasteiger partial charge in [0.2, 0.25) is 10.0 Å². The molecule has 0 bridgehead atoms. The Kier molecular flexibility index (Phi) is 6.40. The van der Waals surface area contributed by atoms with E-state index in [1.54, 1.807) is 7.05 Å². The highest BCUT2D eigenvalue weighted by Gasteiger charge is 2.24. The third-order valence-corrected chi connectivity index (χ3v) is 6.62. The van der Waals surface area contributed by atoms with Crippen molar-refractivity contribution in [1.82, 2.24) is 4.72 Å². The van der Waals surface area contributed by atoms with E-state index in [-0.39, 0.29) is 34.0 Å². The van der Waals surface area contributed by atoms with Gasteiger partial charge in [-0.1, -0.05) is 29.3 Å². The Morgan fingerprint density at radius 2 is 1.96 bits per heavy atom. The van der Waals surface area contributed by atoms with Crippen LogP contribution in [-0.2, 0) is 14.8 Å². The Balaban J connectivity index is 1.81. The summed E-state index contributed by atoms with van der Waals surface area (Å²) in [4.78, 5) is 14.2. The molecule has 28 heavy (non-hydrogen) atoms. The lowest BCUT2D eigenvalue weighted by atomic mass is 10.1. The fraction of sp³-hybridized carbons (Fsp3) is 0.350. The number of carbonyl (C=O) groups is 1. The van der Waals surface area contributed by atoms with E-state index in [0.717, 1.165) is 18.4 Å². The molecule has 0 spiro atoms. The lowest BCUT2D eigenvalue weighted by Gasteiger charge is -2.18. The summed E-state index contributed by atoms with van der Waals surface area (Å²) in [6.07, 6.45) is 1.60. The van der Waals surface area contributed by atoms with Crippen LogP contribution in [0, 0.1) is 6.92 Å². The van der Waals surface area contributed by atoms with Crippen LogP contribution in [-0.4, -0.2) is 40.6 Å². The van der Waals surface area contributed by atoms with Gasteiger partial charge in [0, 0.05) is 31.5 Å². The quantitative estimate of drug-likeness (QED) is 0.774. The lowest BCUT2D eigenvalue weighted by Crippen LogP contribution is -2.32. The van der Waals surface area contributed by atoms with Crippen molar-refractivity contribution in [3.63, 3.8) is 0 Å². The maximum atomic E-state index is 12.8. The van der Waals surface area contributed by atoms with Crippen molar-refractivity contribution in [2.45, 2.75) is 30.8 Å². The van der Waals surface area contributed by atoms with Gasteiger partial charge in [0.1, 0.15) is 4.90 Å². The standard InChI is InChI=1S/C20H23ClN2O4S/c1-14-5-8-16(9-6-14)23(2)20(24)15-7-10-18(21)19(12-15)28(25,26)22-13-17-4-3-11-27-17/h5-10,12,17,22H,3-4,11,13H2,1-2H3. The molecular formula is C20H23ClN2O4S. The van der Waals surface area contributed by atoms with E-state index in [1.165, 1.54) is 23.1 Å². The Bertz CT molecular complexity index is 955. The molecule has 1 N–H and O–H groups in total. The number of nitrogens with zero attached hydrogens (tertiary/aromatic N) is 1. The molecule has 1 aliphatic rings. The molecule has 1 unspecified atom stereocenters. The van der Waals surface area contributed by atoms with Crippen LogP contribution in [0.2, 0.25) is 5.02 Å². The lowest BCUT2D eigenvalue weighted by molar-refractivity contribution is 0.0992. The fourth-order valence-electron chi connectivity index (χ4n) is 3.01. The second kappa shape index (κ2) is 8.61. The first-order valence-corrected chi connectivity index (χ1v) is 10.9. The number of halogens is 1. The molecule has 2 aromatic rings. The summed E-state index contributed by atoms with van der Waals surface area (Å²) in [5, 5.41) is 0.0642. The van der Waals surface area contributed by atoms with Crippen LogP contribution < -0.4 is 9.62 Å². The van der Waals surface area contributed by atoms with Crippen LogP contribution in [0.3, 0.4) is 0 Å². The largest absolute Gasteiger partial charge is 0.377 e. The first-order valence-electron chi connectivity index (χ1n) is 9.03. The number of aryl methyl sites for hydroxylation is 1. The normalized spacial score (nSPS) is 16.9. The predicted molar refractivity (Wildman–Crippen MR) is 110 cm³/mol. The summed E-state index contributed by atoms with van der Waals surface area (Å²) >= 11 is 6.12. The van der Waals surface area contributed by atoms with Crippen LogP contribution in [0.15, 0.2) is 47.4 Å². The zero-order chi connectivity index (χ0) is 20.3. The molecule has 1 amide bonds. The third kappa shape index (κ3) is 4.72. The molecule has 0 radical (unpaired) electrons. The maximum absolute atomic E-state index is 12.8. The van der Waals surface area contributed by atoms with Crippen LogP contribution in [0.25, 0.3) is 0 Å². The Morgan fingerprint density at radius 1 is 1.25 bits per heavy atom. The van der Waals surface area contributed by atoms with Gasteiger partial charge in [0.05, 0.1) is 11.1 Å². The summed E-state index contributed by atoms with van der Waals surface area (Å²) in [6.45, 7) is 2.79. The molecule has 8 heteroatoms.